The van der Waals surface area contributed by atoms with E-state index in [1.165, 1.54) is 0 Å². The minimum Gasteiger partial charge on any atom is -0.394 e. The van der Waals surface area contributed by atoms with Crippen LogP contribution in [0.1, 0.15) is 48.5 Å². The highest BCUT2D eigenvalue weighted by Crippen LogP contribution is 2.43. The molecule has 9 heterocycles. The van der Waals surface area contributed by atoms with Crippen molar-refractivity contribution in [2.45, 2.75) is 25.7 Å². The van der Waals surface area contributed by atoms with Gasteiger partial charge in [0.05, 0.1) is 88.8 Å². The van der Waals surface area contributed by atoms with Crippen molar-refractivity contribution >= 4 is 105 Å². The number of nitrogens with one attached hydrogen (secondary N) is 8. The van der Waals surface area contributed by atoms with Gasteiger partial charge in [0.15, 0.2) is 0 Å². The van der Waals surface area contributed by atoms with Gasteiger partial charge >= 0.3 is 12.1 Å². The quantitative estimate of drug-likeness (QED) is 0.0406. The number of aromatic amines is 2. The van der Waals surface area contributed by atoms with Crippen LogP contribution < -0.4 is 31.9 Å². The second kappa shape index (κ2) is 35.3. The molecule has 0 radical (unpaired) electrons. The summed E-state index contributed by atoms with van der Waals surface area (Å²) >= 11 is 0. The molecular weight excluding hydrogens is 1300 g/mol. The fourth-order valence-electron chi connectivity index (χ4n) is 13.0. The average molecular weight is 1390 g/mol. The van der Waals surface area contributed by atoms with Gasteiger partial charge in [0, 0.05) is 194 Å². The fraction of sp³-hybridized carbons (Fsp3) is 0.342. The Morgan fingerprint density at radius 1 is 0.363 bits per heavy atom. The lowest BCUT2D eigenvalue weighted by molar-refractivity contribution is -0.117. The van der Waals surface area contributed by atoms with Crippen molar-refractivity contribution in [1.82, 2.24) is 50.2 Å². The first kappa shape index (κ1) is 71.4. The van der Waals surface area contributed by atoms with E-state index in [0.717, 1.165) is 0 Å². The van der Waals surface area contributed by atoms with Crippen LogP contribution in [0.2, 0.25) is 0 Å². The number of hydrogen-bond acceptors (Lipinski definition) is 16. The number of aromatic nitrogens is 4. The molecule has 102 heavy (non-hydrogen) atoms. The molecule has 4 aromatic carbocycles. The summed E-state index contributed by atoms with van der Waals surface area (Å²) in [5.41, 5.74) is 11.8. The predicted molar refractivity (Wildman–Crippen MR) is 394 cm³/mol. The van der Waals surface area contributed by atoms with Crippen molar-refractivity contribution in [1.29, 1.82) is 0 Å². The van der Waals surface area contributed by atoms with E-state index in [9.17, 15) is 28.8 Å². The summed E-state index contributed by atoms with van der Waals surface area (Å²) < 4.78 is 22.2. The molecule has 8 amide bonds. The molecule has 0 fully saturated rings. The standard InChI is InChI=1S/C76H86N14O12/c91-41-45-101-49-47-99-43-29-77-75(97)89-33-27-69(95)85-57-15-7-3-11-53(57)73-63-21-19-61(80-63)71-51-9-1-5-13-55(51)83-67(93)25-31-87-32-26-68(94)84-56-14-6-2-10-52(56)72(60-18-17-59(71)79-60)62-20-22-64(81-62)74(66-24-23-65(73)82-66)54-12-4-8-16-58(54)86-70(96)28-34-90(40-38-88(36-35-87)37-39-89)76(98)78-30-44-100-48-50-102-46-42-92/h1-24,80-81,91-92H,25-50H2,(H,77,97)(H,78,98)(H,83,93)(H,84,94)(H,85,95)(H,86,96). The second-order valence-electron chi connectivity index (χ2n) is 24.9. The Morgan fingerprint density at radius 2 is 0.647 bits per heavy atom. The molecule has 0 spiro atoms. The van der Waals surface area contributed by atoms with Crippen molar-refractivity contribution in [3.05, 3.63) is 144 Å². The summed E-state index contributed by atoms with van der Waals surface area (Å²) in [6, 6.07) is 37.2. The Labute approximate surface area is 590 Å². The zero-order valence-electron chi connectivity index (χ0n) is 56.9. The lowest BCUT2D eigenvalue weighted by Crippen LogP contribution is -2.49. The first-order valence-electron chi connectivity index (χ1n) is 34.7. The van der Waals surface area contributed by atoms with Crippen molar-refractivity contribution in [2.24, 2.45) is 0 Å². The summed E-state index contributed by atoms with van der Waals surface area (Å²) in [4.78, 5) is 114. The normalized spacial score (nSPS) is 16.8. The number of ether oxygens (including phenoxy) is 4. The third-order valence-corrected chi connectivity index (χ3v) is 18.1. The summed E-state index contributed by atoms with van der Waals surface area (Å²) in [6.07, 6.45) is 7.54. The molecule has 0 unspecified atom stereocenters. The van der Waals surface area contributed by atoms with Gasteiger partial charge in [-0.05, 0) is 72.8 Å². The van der Waals surface area contributed by atoms with Crippen LogP contribution in [0.15, 0.2) is 121 Å². The van der Waals surface area contributed by atoms with E-state index in [1.54, 1.807) is 9.80 Å². The van der Waals surface area contributed by atoms with E-state index in [-0.39, 0.29) is 181 Å². The monoisotopic (exact) mass is 1390 g/mol. The average Bonchev–Trinajstić information content (AvgIpc) is 1.59. The maximum absolute atomic E-state index is 14.8. The molecule has 6 aliphatic rings. The Morgan fingerprint density at radius 3 is 0.971 bits per heavy atom. The number of carbonyl (C=O) groups is 6. The maximum atomic E-state index is 14.8. The molecule has 0 aliphatic carbocycles. The van der Waals surface area contributed by atoms with Crippen molar-refractivity contribution in [3.63, 3.8) is 0 Å². The number of amides is 8. The Bertz CT molecular complexity index is 4150. The van der Waals surface area contributed by atoms with Gasteiger partial charge in [-0.2, -0.15) is 0 Å². The number of H-pyrrole nitrogens is 2. The van der Waals surface area contributed by atoms with E-state index in [4.69, 9.17) is 39.1 Å². The van der Waals surface area contributed by atoms with Crippen molar-refractivity contribution < 1.29 is 57.9 Å². The first-order chi connectivity index (χ1) is 50.0. The zero-order valence-corrected chi connectivity index (χ0v) is 56.9. The van der Waals surface area contributed by atoms with Crippen LogP contribution in [-0.2, 0) is 38.1 Å². The smallest absolute Gasteiger partial charge is 0.317 e. The van der Waals surface area contributed by atoms with Gasteiger partial charge in [0.25, 0.3) is 0 Å². The molecule has 7 aromatic rings. The van der Waals surface area contributed by atoms with Crippen LogP contribution in [0, 0.1) is 0 Å². The number of hydrogen-bond donors (Lipinski definition) is 10. The van der Waals surface area contributed by atoms with E-state index in [2.05, 4.69) is 51.7 Å². The molecule has 10 N–H and O–H groups in total. The number of rotatable bonds is 16. The lowest BCUT2D eigenvalue weighted by Gasteiger charge is -2.32. The summed E-state index contributed by atoms with van der Waals surface area (Å²) in [5, 5.41) is 37.3. The molecule has 0 saturated carbocycles. The van der Waals surface area contributed by atoms with Crippen LogP contribution >= 0.6 is 0 Å². The Kier molecular flexibility index (Phi) is 24.7. The molecular formula is C76H86N14O12. The number of urea groups is 2. The van der Waals surface area contributed by atoms with Crippen LogP contribution in [-0.4, -0.2) is 230 Å². The number of aliphatic hydroxyl groups is 2. The van der Waals surface area contributed by atoms with E-state index < -0.39 is 12.1 Å². The molecule has 0 saturated heterocycles. The Hall–Kier alpha value is -10.4. The molecule has 13 rings (SSSR count). The summed E-state index contributed by atoms with van der Waals surface area (Å²) in [5.74, 6) is -1.30. The summed E-state index contributed by atoms with van der Waals surface area (Å²) in [6.45, 7) is 3.31. The van der Waals surface area contributed by atoms with Gasteiger partial charge in [0.1, 0.15) is 0 Å². The third kappa shape index (κ3) is 18.2. The molecule has 3 aromatic heterocycles. The number of anilines is 4. The zero-order chi connectivity index (χ0) is 70.6. The predicted octanol–water partition coefficient (Wildman–Crippen LogP) is 8.36. The Balaban J connectivity index is 1.09. The second-order valence-corrected chi connectivity index (χ2v) is 24.9. The van der Waals surface area contributed by atoms with E-state index in [1.807, 2.05) is 146 Å². The van der Waals surface area contributed by atoms with Crippen molar-refractivity contribution in [2.75, 3.05) is 166 Å². The van der Waals surface area contributed by atoms with Crippen LogP contribution in [0.25, 0.3) is 90.9 Å². The number of para-hydroxylation sites is 4. The maximum Gasteiger partial charge on any atom is 0.317 e. The highest BCUT2D eigenvalue weighted by Gasteiger charge is 2.27. The minimum absolute atomic E-state index is 0.0238. The largest absolute Gasteiger partial charge is 0.394 e. The van der Waals surface area contributed by atoms with Crippen molar-refractivity contribution in [3.8, 4) is 44.5 Å². The topological polar surface area (TPSA) is 322 Å². The molecule has 26 heteroatoms. The number of benzene rings is 4. The fourth-order valence-corrected chi connectivity index (χ4v) is 13.0. The molecule has 532 valence electrons. The number of carbonyl (C=O) groups excluding carboxylic acids is 6. The highest BCUT2D eigenvalue weighted by molar-refractivity contribution is 6.08. The van der Waals surface area contributed by atoms with Gasteiger partial charge in [-0.1, -0.05) is 72.8 Å². The SMILES string of the molecule is O=C1CCN2CCC(=O)Nc3ccccc3-c3c4nc(c(c5ccc([nH]5)c5c6nc(c(c7ccc3[nH]7)-c3ccccc3NC(=O)CCN(C(=O)NCCOCCOCCO)CCN(CC2)CCN(C(=O)NCCOCCOCCO)CCC(=O)Nc2ccccc2-5)C=C6)-c2ccccc2N1)C=C4. The highest BCUT2D eigenvalue weighted by atomic mass is 16.5. The van der Waals surface area contributed by atoms with Crippen LogP contribution in [0.3, 0.4) is 0 Å². The van der Waals surface area contributed by atoms with E-state index in [0.29, 0.717) is 125 Å². The minimum atomic E-state index is -0.458. The molecule has 26 nitrogen and oxygen atoms in total. The van der Waals surface area contributed by atoms with Gasteiger partial charge in [-0.15, -0.1) is 0 Å². The lowest BCUT2D eigenvalue weighted by atomic mass is 10.0. The summed E-state index contributed by atoms with van der Waals surface area (Å²) in [7, 11) is 0. The number of aliphatic hydroxyl groups excluding tert-OH is 2. The molecule has 0 atom stereocenters. The number of fused-ring (bicyclic) bond motifs is 19. The van der Waals surface area contributed by atoms with Gasteiger partial charge in [0.2, 0.25) is 23.6 Å². The molecule has 14 bridgehead atoms. The van der Waals surface area contributed by atoms with Gasteiger partial charge in [-0.25, -0.2) is 19.6 Å². The van der Waals surface area contributed by atoms with Gasteiger partial charge < -0.3 is 85.7 Å². The van der Waals surface area contributed by atoms with Gasteiger partial charge in [-0.3, -0.25) is 24.1 Å². The van der Waals surface area contributed by atoms with Crippen LogP contribution in [0.4, 0.5) is 32.3 Å². The third-order valence-electron chi connectivity index (χ3n) is 18.1. The first-order valence-corrected chi connectivity index (χ1v) is 34.7. The van der Waals surface area contributed by atoms with E-state index >= 15 is 0 Å². The van der Waals surface area contributed by atoms with Crippen LogP contribution in [0.5, 0.6) is 0 Å². The number of nitrogens with zero attached hydrogens (tertiary/aromatic N) is 6. The molecule has 6 aliphatic heterocycles.